The van der Waals surface area contributed by atoms with E-state index >= 15 is 0 Å². The molecule has 0 radical (unpaired) electrons. The maximum Gasteiger partial charge on any atom is 0.221 e. The van der Waals surface area contributed by atoms with E-state index in [0.29, 0.717) is 5.92 Å². The van der Waals surface area contributed by atoms with Crippen LogP contribution in [0.15, 0.2) is 24.3 Å². The molecule has 0 aromatic heterocycles. The van der Waals surface area contributed by atoms with Crippen LogP contribution < -0.4 is 10.1 Å². The van der Waals surface area contributed by atoms with Crippen molar-refractivity contribution in [3.63, 3.8) is 0 Å². The Kier molecular flexibility index (Phi) is 11.8. The molecule has 0 unspecified atom stereocenters. The number of benzene rings is 1. The summed E-state index contributed by atoms with van der Waals surface area (Å²) in [6.07, 6.45) is 13.1. The molecule has 3 nitrogen and oxygen atoms in total. The highest BCUT2D eigenvalue weighted by atomic mass is 16.5. The quantitative estimate of drug-likeness (QED) is 0.386. The first-order chi connectivity index (χ1) is 12.2. The fraction of sp³-hybridized carbons (Fsp3) is 0.682. The lowest BCUT2D eigenvalue weighted by Gasteiger charge is -2.18. The summed E-state index contributed by atoms with van der Waals surface area (Å²) in [5.41, 5.74) is 0.815. The summed E-state index contributed by atoms with van der Waals surface area (Å²) in [4.78, 5) is 11.1. The normalized spacial score (nSPS) is 10.9. The van der Waals surface area contributed by atoms with Crippen LogP contribution >= 0.6 is 0 Å². The summed E-state index contributed by atoms with van der Waals surface area (Å²) in [6.45, 7) is 6.84. The van der Waals surface area contributed by atoms with Gasteiger partial charge >= 0.3 is 0 Å². The lowest BCUT2D eigenvalue weighted by atomic mass is 9.95. The van der Waals surface area contributed by atoms with Crippen LogP contribution in [0.25, 0.3) is 0 Å². The predicted molar refractivity (Wildman–Crippen MR) is 107 cm³/mol. The van der Waals surface area contributed by atoms with Crippen molar-refractivity contribution in [2.75, 3.05) is 11.9 Å². The van der Waals surface area contributed by atoms with Crippen molar-refractivity contribution in [3.8, 4) is 5.75 Å². The number of unbranched alkanes of at least 4 members (excludes halogenated alkanes) is 6. The molecule has 1 N–H and O–H groups in total. The van der Waals surface area contributed by atoms with Crippen molar-refractivity contribution in [3.05, 3.63) is 24.3 Å². The molecular weight excluding hydrogens is 310 g/mol. The minimum absolute atomic E-state index is 0.0482. The molecule has 0 aliphatic carbocycles. The Bertz CT molecular complexity index is 444. The summed E-state index contributed by atoms with van der Waals surface area (Å²) in [5.74, 6) is 1.50. The zero-order valence-electron chi connectivity index (χ0n) is 16.5. The zero-order valence-corrected chi connectivity index (χ0v) is 16.5. The van der Waals surface area contributed by atoms with E-state index in [1.807, 2.05) is 24.3 Å². The number of rotatable bonds is 14. The van der Waals surface area contributed by atoms with Gasteiger partial charge in [-0.2, -0.15) is 0 Å². The van der Waals surface area contributed by atoms with Gasteiger partial charge in [-0.05, 0) is 43.0 Å². The van der Waals surface area contributed by atoms with Crippen molar-refractivity contribution in [2.45, 2.75) is 85.0 Å². The van der Waals surface area contributed by atoms with E-state index in [1.54, 1.807) is 0 Å². The Hall–Kier alpha value is -1.51. The van der Waals surface area contributed by atoms with Gasteiger partial charge in [0.1, 0.15) is 5.75 Å². The van der Waals surface area contributed by atoms with Gasteiger partial charge in [-0.3, -0.25) is 4.79 Å². The van der Waals surface area contributed by atoms with Crippen LogP contribution in [0.2, 0.25) is 0 Å². The second kappa shape index (κ2) is 13.7. The van der Waals surface area contributed by atoms with E-state index in [1.165, 1.54) is 71.1 Å². The van der Waals surface area contributed by atoms with Crippen molar-refractivity contribution < 1.29 is 9.53 Å². The van der Waals surface area contributed by atoms with E-state index in [-0.39, 0.29) is 5.91 Å². The standard InChI is InChI=1S/C22H37NO2/c1-4-6-8-10-12-20(13-11-9-7-5-2)18-25-22-16-14-21(15-17-22)23-19(3)24/h14-17,20H,4-13,18H2,1-3H3,(H,23,24). The number of hydrogen-bond acceptors (Lipinski definition) is 2. The maximum atomic E-state index is 11.1. The summed E-state index contributed by atoms with van der Waals surface area (Å²) in [7, 11) is 0. The lowest BCUT2D eigenvalue weighted by Crippen LogP contribution is -2.12. The molecule has 1 aromatic carbocycles. The van der Waals surface area contributed by atoms with E-state index in [4.69, 9.17) is 4.74 Å². The molecule has 142 valence electrons. The van der Waals surface area contributed by atoms with Crippen LogP contribution in [0.4, 0.5) is 5.69 Å². The molecule has 0 bridgehead atoms. The Morgan fingerprint density at radius 2 is 1.48 bits per heavy atom. The molecule has 0 aliphatic heterocycles. The van der Waals surface area contributed by atoms with Crippen LogP contribution in [0, 0.1) is 5.92 Å². The largest absolute Gasteiger partial charge is 0.493 e. The van der Waals surface area contributed by atoms with Crippen molar-refractivity contribution >= 4 is 11.6 Å². The molecule has 0 atom stereocenters. The van der Waals surface area contributed by atoms with Crippen LogP contribution in [0.3, 0.4) is 0 Å². The van der Waals surface area contributed by atoms with Gasteiger partial charge in [0.2, 0.25) is 5.91 Å². The number of carbonyl (C=O) groups is 1. The van der Waals surface area contributed by atoms with Crippen molar-refractivity contribution in [1.29, 1.82) is 0 Å². The van der Waals surface area contributed by atoms with Gasteiger partial charge < -0.3 is 10.1 Å². The van der Waals surface area contributed by atoms with Gasteiger partial charge in [0.15, 0.2) is 0 Å². The van der Waals surface area contributed by atoms with Gasteiger partial charge in [-0.15, -0.1) is 0 Å². The molecule has 0 aliphatic rings. The minimum Gasteiger partial charge on any atom is -0.493 e. The van der Waals surface area contributed by atoms with E-state index in [2.05, 4.69) is 19.2 Å². The molecule has 0 fully saturated rings. The summed E-state index contributed by atoms with van der Waals surface area (Å²) < 4.78 is 6.03. The third-order valence-corrected chi connectivity index (χ3v) is 4.59. The molecule has 3 heteroatoms. The molecule has 1 rings (SSSR count). The van der Waals surface area contributed by atoms with Gasteiger partial charge in [-0.1, -0.05) is 65.2 Å². The van der Waals surface area contributed by atoms with Crippen molar-refractivity contribution in [2.24, 2.45) is 5.92 Å². The van der Waals surface area contributed by atoms with E-state index in [9.17, 15) is 4.79 Å². The minimum atomic E-state index is -0.0482. The molecule has 0 heterocycles. The topological polar surface area (TPSA) is 38.3 Å². The monoisotopic (exact) mass is 347 g/mol. The number of nitrogens with one attached hydrogen (secondary N) is 1. The van der Waals surface area contributed by atoms with Crippen LogP contribution in [-0.4, -0.2) is 12.5 Å². The molecule has 0 saturated carbocycles. The first-order valence-corrected chi connectivity index (χ1v) is 10.2. The number of carbonyl (C=O) groups excluding carboxylic acids is 1. The SMILES string of the molecule is CCCCCCC(CCCCCC)COc1ccc(NC(C)=O)cc1. The van der Waals surface area contributed by atoms with Gasteiger partial charge in [0.05, 0.1) is 6.61 Å². The highest BCUT2D eigenvalue weighted by Crippen LogP contribution is 2.21. The third kappa shape index (κ3) is 10.9. The molecule has 0 spiro atoms. The summed E-state index contributed by atoms with van der Waals surface area (Å²) in [6, 6.07) is 7.68. The second-order valence-corrected chi connectivity index (χ2v) is 7.08. The van der Waals surface area contributed by atoms with Crippen LogP contribution in [0.1, 0.15) is 85.0 Å². The fourth-order valence-corrected chi connectivity index (χ4v) is 3.08. The number of amides is 1. The zero-order chi connectivity index (χ0) is 18.3. The van der Waals surface area contributed by atoms with E-state index in [0.717, 1.165) is 18.0 Å². The first-order valence-electron chi connectivity index (χ1n) is 10.2. The molecule has 1 amide bonds. The average Bonchev–Trinajstić information content (AvgIpc) is 2.60. The second-order valence-electron chi connectivity index (χ2n) is 7.08. The Morgan fingerprint density at radius 1 is 0.920 bits per heavy atom. The van der Waals surface area contributed by atoms with Gasteiger partial charge in [0.25, 0.3) is 0 Å². The highest BCUT2D eigenvalue weighted by Gasteiger charge is 2.10. The average molecular weight is 348 g/mol. The first kappa shape index (κ1) is 21.5. The Morgan fingerprint density at radius 3 is 1.96 bits per heavy atom. The Balaban J connectivity index is 2.41. The molecule has 0 saturated heterocycles. The van der Waals surface area contributed by atoms with E-state index < -0.39 is 0 Å². The maximum absolute atomic E-state index is 11.1. The van der Waals surface area contributed by atoms with Crippen LogP contribution in [0.5, 0.6) is 5.75 Å². The molecular formula is C22H37NO2. The van der Waals surface area contributed by atoms with Gasteiger partial charge in [0, 0.05) is 12.6 Å². The van der Waals surface area contributed by atoms with Crippen molar-refractivity contribution in [1.82, 2.24) is 0 Å². The number of ether oxygens (including phenoxy) is 1. The summed E-state index contributed by atoms with van der Waals surface area (Å²) >= 11 is 0. The highest BCUT2D eigenvalue weighted by molar-refractivity contribution is 5.88. The van der Waals surface area contributed by atoms with Crippen LogP contribution in [-0.2, 0) is 4.79 Å². The molecule has 1 aromatic rings. The number of hydrogen-bond donors (Lipinski definition) is 1. The number of anilines is 1. The lowest BCUT2D eigenvalue weighted by molar-refractivity contribution is -0.114. The Labute approximate surface area is 154 Å². The predicted octanol–water partition coefficient (Wildman–Crippen LogP) is 6.58. The third-order valence-electron chi connectivity index (χ3n) is 4.59. The molecule has 25 heavy (non-hydrogen) atoms. The fourth-order valence-electron chi connectivity index (χ4n) is 3.08. The smallest absolute Gasteiger partial charge is 0.221 e. The summed E-state index contributed by atoms with van der Waals surface area (Å²) in [5, 5.41) is 2.78. The van der Waals surface area contributed by atoms with Gasteiger partial charge in [-0.25, -0.2) is 0 Å².